The molecule has 132 valence electrons. The molecule has 4 atom stereocenters. The second kappa shape index (κ2) is 6.48. The van der Waals surface area contributed by atoms with Crippen LogP contribution < -0.4 is 10.9 Å². The van der Waals surface area contributed by atoms with E-state index >= 15 is 0 Å². The van der Waals surface area contributed by atoms with Gasteiger partial charge in [-0.2, -0.15) is 4.98 Å². The molecule has 10 nitrogen and oxygen atoms in total. The molecule has 0 aromatic carbocycles. The Morgan fingerprint density at radius 3 is 2.79 bits per heavy atom. The Kier molecular flexibility index (Phi) is 4.54. The van der Waals surface area contributed by atoms with Crippen LogP contribution in [0.2, 0.25) is 0 Å². The molecule has 3 heterocycles. The fourth-order valence-electron chi connectivity index (χ4n) is 2.61. The number of nitrogens with zero attached hydrogens (tertiary/aromatic N) is 3. The smallest absolute Gasteiger partial charge is 0.280 e. The summed E-state index contributed by atoms with van der Waals surface area (Å²) in [6, 6.07) is 0. The topological polar surface area (TPSA) is 146 Å². The molecule has 1 aliphatic rings. The summed E-state index contributed by atoms with van der Waals surface area (Å²) < 4.78 is 6.85. The first kappa shape index (κ1) is 16.8. The molecule has 1 aliphatic heterocycles. The number of rotatable bonds is 5. The Hall–Kier alpha value is -2.01. The van der Waals surface area contributed by atoms with Crippen LogP contribution in [0.3, 0.4) is 0 Å². The van der Waals surface area contributed by atoms with Crippen LogP contribution in [-0.2, 0) is 4.74 Å². The van der Waals surface area contributed by atoms with Crippen molar-refractivity contribution in [2.45, 2.75) is 38.4 Å². The highest BCUT2D eigenvalue weighted by molar-refractivity contribution is 5.70. The van der Waals surface area contributed by atoms with Gasteiger partial charge in [0.15, 0.2) is 17.4 Å². The summed E-state index contributed by atoms with van der Waals surface area (Å²) in [6.07, 6.45) is -3.09. The zero-order valence-corrected chi connectivity index (χ0v) is 13.4. The lowest BCUT2D eigenvalue weighted by Crippen LogP contribution is -2.33. The average molecular weight is 339 g/mol. The number of fused-ring (bicyclic) bond motifs is 1. The van der Waals surface area contributed by atoms with Crippen molar-refractivity contribution in [1.29, 1.82) is 0 Å². The van der Waals surface area contributed by atoms with E-state index in [9.17, 15) is 20.1 Å². The van der Waals surface area contributed by atoms with Gasteiger partial charge in [0.05, 0.1) is 12.9 Å². The van der Waals surface area contributed by atoms with Crippen LogP contribution in [0.1, 0.15) is 20.1 Å². The minimum atomic E-state index is -1.27. The van der Waals surface area contributed by atoms with Crippen molar-refractivity contribution >= 4 is 17.1 Å². The summed E-state index contributed by atoms with van der Waals surface area (Å²) in [4.78, 5) is 23.1. The first-order chi connectivity index (χ1) is 11.4. The van der Waals surface area contributed by atoms with Crippen LogP contribution in [0.15, 0.2) is 11.1 Å². The van der Waals surface area contributed by atoms with E-state index in [1.807, 2.05) is 13.8 Å². The molecule has 0 amide bonds. The number of nitrogens with one attached hydrogen (secondary N) is 2. The molecule has 2 aromatic rings. The van der Waals surface area contributed by atoms with Gasteiger partial charge in [0.1, 0.15) is 18.3 Å². The van der Waals surface area contributed by atoms with E-state index < -0.39 is 36.7 Å². The predicted molar refractivity (Wildman–Crippen MR) is 84.5 cm³/mol. The van der Waals surface area contributed by atoms with Crippen molar-refractivity contribution in [2.24, 2.45) is 5.92 Å². The summed E-state index contributed by atoms with van der Waals surface area (Å²) in [5, 5.41) is 32.2. The SMILES string of the molecule is CC(C)CNc1nc2c(ncn2[C@@H]2O[C@H](CO)[C@@H](O)[C@H]2O)c(=O)[nH]1. The second-order valence-corrected chi connectivity index (χ2v) is 6.24. The number of aliphatic hydroxyl groups excluding tert-OH is 3. The van der Waals surface area contributed by atoms with Crippen LogP contribution in [0, 0.1) is 5.92 Å². The molecule has 0 unspecified atom stereocenters. The highest BCUT2D eigenvalue weighted by atomic mass is 16.6. The number of hydrogen-bond acceptors (Lipinski definition) is 8. The maximum atomic E-state index is 12.1. The third-order valence-electron chi connectivity index (χ3n) is 3.90. The molecule has 5 N–H and O–H groups in total. The zero-order valence-electron chi connectivity index (χ0n) is 13.4. The van der Waals surface area contributed by atoms with Crippen molar-refractivity contribution < 1.29 is 20.1 Å². The quantitative estimate of drug-likeness (QED) is 0.456. The molecule has 2 aromatic heterocycles. The minimum Gasteiger partial charge on any atom is -0.394 e. The van der Waals surface area contributed by atoms with Gasteiger partial charge in [-0.05, 0) is 5.92 Å². The zero-order chi connectivity index (χ0) is 17.4. The summed E-state index contributed by atoms with van der Waals surface area (Å²) in [5.41, 5.74) is -0.0977. The Morgan fingerprint density at radius 1 is 1.42 bits per heavy atom. The number of aromatic nitrogens is 4. The monoisotopic (exact) mass is 339 g/mol. The largest absolute Gasteiger partial charge is 0.394 e. The number of aliphatic hydroxyl groups is 3. The van der Waals surface area contributed by atoms with Crippen LogP contribution in [0.5, 0.6) is 0 Å². The molecular weight excluding hydrogens is 318 g/mol. The first-order valence-corrected chi connectivity index (χ1v) is 7.75. The van der Waals surface area contributed by atoms with Gasteiger partial charge in [0, 0.05) is 6.54 Å². The van der Waals surface area contributed by atoms with E-state index in [0.717, 1.165) is 0 Å². The van der Waals surface area contributed by atoms with Gasteiger partial charge in [0.25, 0.3) is 5.56 Å². The van der Waals surface area contributed by atoms with E-state index in [4.69, 9.17) is 4.74 Å². The Labute approximate surface area is 137 Å². The molecular formula is C14H21N5O5. The number of anilines is 1. The molecule has 1 saturated heterocycles. The standard InChI is InChI=1S/C14H21N5O5/c1-6(2)3-15-14-17-11-8(12(23)18-14)16-5-19(11)13-10(22)9(21)7(4-20)24-13/h5-7,9-10,13,20-22H,3-4H2,1-2H3,(H2,15,17,18,23)/t7-,9-,10-,13-/m1/s1. The fraction of sp³-hybridized carbons (Fsp3) is 0.643. The summed E-state index contributed by atoms with van der Waals surface area (Å²) in [7, 11) is 0. The summed E-state index contributed by atoms with van der Waals surface area (Å²) in [6.45, 7) is 4.23. The number of H-pyrrole nitrogens is 1. The van der Waals surface area contributed by atoms with E-state index in [1.54, 1.807) is 0 Å². The highest BCUT2D eigenvalue weighted by Crippen LogP contribution is 2.30. The summed E-state index contributed by atoms with van der Waals surface area (Å²) in [5.74, 6) is 0.644. The summed E-state index contributed by atoms with van der Waals surface area (Å²) >= 11 is 0. The fourth-order valence-corrected chi connectivity index (χ4v) is 2.61. The third-order valence-corrected chi connectivity index (χ3v) is 3.90. The van der Waals surface area contributed by atoms with Gasteiger partial charge in [-0.25, -0.2) is 4.98 Å². The number of aromatic amines is 1. The van der Waals surface area contributed by atoms with Crippen molar-refractivity contribution in [2.75, 3.05) is 18.5 Å². The van der Waals surface area contributed by atoms with Crippen molar-refractivity contribution in [1.82, 2.24) is 19.5 Å². The highest BCUT2D eigenvalue weighted by Gasteiger charge is 2.44. The average Bonchev–Trinajstić information content (AvgIpc) is 3.08. The second-order valence-electron chi connectivity index (χ2n) is 6.24. The molecule has 0 aliphatic carbocycles. The van der Waals surface area contributed by atoms with Crippen LogP contribution in [0.4, 0.5) is 5.95 Å². The third kappa shape index (κ3) is 2.88. The van der Waals surface area contributed by atoms with Gasteiger partial charge in [-0.3, -0.25) is 14.3 Å². The van der Waals surface area contributed by atoms with Crippen molar-refractivity contribution in [3.05, 3.63) is 16.7 Å². The Balaban J connectivity index is 1.98. The van der Waals surface area contributed by atoms with E-state index in [-0.39, 0.29) is 17.1 Å². The Morgan fingerprint density at radius 2 is 2.17 bits per heavy atom. The van der Waals surface area contributed by atoms with Gasteiger partial charge in [-0.1, -0.05) is 13.8 Å². The predicted octanol–water partition coefficient (Wildman–Crippen LogP) is -1.20. The lowest BCUT2D eigenvalue weighted by molar-refractivity contribution is -0.0511. The van der Waals surface area contributed by atoms with Crippen molar-refractivity contribution in [3.8, 4) is 0 Å². The number of hydrogen-bond donors (Lipinski definition) is 5. The molecule has 10 heteroatoms. The molecule has 24 heavy (non-hydrogen) atoms. The minimum absolute atomic E-state index is 0.0998. The maximum absolute atomic E-state index is 12.1. The molecule has 0 radical (unpaired) electrons. The van der Waals surface area contributed by atoms with E-state index in [1.165, 1.54) is 10.9 Å². The van der Waals surface area contributed by atoms with Crippen molar-refractivity contribution in [3.63, 3.8) is 0 Å². The van der Waals surface area contributed by atoms with E-state index in [2.05, 4.69) is 20.3 Å². The maximum Gasteiger partial charge on any atom is 0.280 e. The van der Waals surface area contributed by atoms with E-state index in [0.29, 0.717) is 12.5 Å². The lowest BCUT2D eigenvalue weighted by Gasteiger charge is -2.16. The molecule has 1 fully saturated rings. The number of ether oxygens (including phenoxy) is 1. The molecule has 0 spiro atoms. The van der Waals surface area contributed by atoms with Gasteiger partial charge < -0.3 is 25.4 Å². The number of imidazole rings is 1. The van der Waals surface area contributed by atoms with Crippen LogP contribution in [-0.4, -0.2) is 66.3 Å². The first-order valence-electron chi connectivity index (χ1n) is 7.75. The van der Waals surface area contributed by atoms with Crippen LogP contribution >= 0.6 is 0 Å². The molecule has 0 saturated carbocycles. The van der Waals surface area contributed by atoms with Gasteiger partial charge >= 0.3 is 0 Å². The normalized spacial score (nSPS) is 27.2. The van der Waals surface area contributed by atoms with Gasteiger partial charge in [-0.15, -0.1) is 0 Å². The molecule has 3 rings (SSSR count). The lowest BCUT2D eigenvalue weighted by atomic mass is 10.1. The molecule has 0 bridgehead atoms. The van der Waals surface area contributed by atoms with Gasteiger partial charge in [0.2, 0.25) is 5.95 Å². The Bertz CT molecular complexity index is 772. The van der Waals surface area contributed by atoms with Crippen LogP contribution in [0.25, 0.3) is 11.2 Å².